The molecule has 0 fully saturated rings. The predicted octanol–water partition coefficient (Wildman–Crippen LogP) is 1.70. The van der Waals surface area contributed by atoms with Gasteiger partial charge >= 0.3 is 5.97 Å². The normalized spacial score (nSPS) is 10.4. The summed E-state index contributed by atoms with van der Waals surface area (Å²) in [4.78, 5) is 19.4. The first-order valence-corrected chi connectivity index (χ1v) is 6.78. The fourth-order valence-corrected chi connectivity index (χ4v) is 1.89. The fourth-order valence-electron chi connectivity index (χ4n) is 1.89. The van der Waals surface area contributed by atoms with Gasteiger partial charge in [-0.15, -0.1) is 5.10 Å². The van der Waals surface area contributed by atoms with Crippen LogP contribution in [0.3, 0.4) is 0 Å². The van der Waals surface area contributed by atoms with Gasteiger partial charge in [-0.3, -0.25) is 4.98 Å². The average molecular weight is 287 g/mol. The molecule has 0 unspecified atom stereocenters. The van der Waals surface area contributed by atoms with Gasteiger partial charge in [0.25, 0.3) is 0 Å². The van der Waals surface area contributed by atoms with E-state index in [1.807, 2.05) is 13.8 Å². The molecule has 7 heteroatoms. The first-order chi connectivity index (χ1) is 10.1. The van der Waals surface area contributed by atoms with Crippen molar-refractivity contribution in [2.45, 2.75) is 33.2 Å². The summed E-state index contributed by atoms with van der Waals surface area (Å²) in [6.07, 6.45) is 3.06. The molecule has 0 bridgehead atoms. The number of rotatable bonds is 6. The number of aromatic carboxylic acids is 1. The van der Waals surface area contributed by atoms with Crippen LogP contribution in [0.1, 0.15) is 41.3 Å². The Balaban J connectivity index is 2.09. The van der Waals surface area contributed by atoms with E-state index in [-0.39, 0.29) is 5.56 Å². The lowest BCUT2D eigenvalue weighted by Crippen LogP contribution is -2.10. The van der Waals surface area contributed by atoms with Crippen molar-refractivity contribution < 1.29 is 9.90 Å². The van der Waals surface area contributed by atoms with Crippen LogP contribution >= 0.6 is 0 Å². The van der Waals surface area contributed by atoms with Gasteiger partial charge in [0.15, 0.2) is 0 Å². The highest BCUT2D eigenvalue weighted by atomic mass is 16.4. The first-order valence-electron chi connectivity index (χ1n) is 6.78. The highest BCUT2D eigenvalue weighted by Crippen LogP contribution is 2.08. The van der Waals surface area contributed by atoms with Gasteiger partial charge in [0.2, 0.25) is 5.95 Å². The number of carboxylic acids is 1. The number of carbonyl (C=O) groups is 1. The van der Waals surface area contributed by atoms with Gasteiger partial charge in [-0.1, -0.05) is 13.8 Å². The first kappa shape index (κ1) is 14.8. The topological polar surface area (TPSA) is 101 Å². The Morgan fingerprint density at radius 1 is 1.24 bits per heavy atom. The van der Waals surface area contributed by atoms with E-state index in [4.69, 9.17) is 5.11 Å². The summed E-state index contributed by atoms with van der Waals surface area (Å²) in [6, 6.07) is 2.97. The van der Waals surface area contributed by atoms with Crippen molar-refractivity contribution in [3.05, 3.63) is 41.0 Å². The van der Waals surface area contributed by atoms with Crippen molar-refractivity contribution in [3.8, 4) is 0 Å². The van der Waals surface area contributed by atoms with Crippen molar-refractivity contribution in [3.63, 3.8) is 0 Å². The molecule has 0 saturated heterocycles. The average Bonchev–Trinajstić information content (AvgIpc) is 2.52. The van der Waals surface area contributed by atoms with Crippen LogP contribution < -0.4 is 5.32 Å². The molecule has 0 atom stereocenters. The number of carboxylic acid groups (broad SMARTS) is 1. The van der Waals surface area contributed by atoms with Crippen LogP contribution in [0.4, 0.5) is 5.95 Å². The van der Waals surface area contributed by atoms with Gasteiger partial charge in [-0.2, -0.15) is 5.10 Å². The Labute approximate surface area is 122 Å². The second-order valence-electron chi connectivity index (χ2n) is 4.43. The third-order valence-electron chi connectivity index (χ3n) is 3.00. The van der Waals surface area contributed by atoms with Crippen LogP contribution in [0, 0.1) is 0 Å². The maximum Gasteiger partial charge on any atom is 0.335 e. The maximum absolute atomic E-state index is 10.9. The van der Waals surface area contributed by atoms with E-state index in [2.05, 4.69) is 25.5 Å². The molecule has 0 aromatic carbocycles. The second kappa shape index (κ2) is 6.74. The zero-order chi connectivity index (χ0) is 15.2. The molecule has 0 radical (unpaired) electrons. The lowest BCUT2D eigenvalue weighted by molar-refractivity contribution is 0.0696. The lowest BCUT2D eigenvalue weighted by atomic mass is 10.2. The van der Waals surface area contributed by atoms with Crippen LogP contribution in [0.2, 0.25) is 0 Å². The van der Waals surface area contributed by atoms with Gasteiger partial charge < -0.3 is 10.4 Å². The number of anilines is 1. The van der Waals surface area contributed by atoms with E-state index in [1.165, 1.54) is 18.3 Å². The Morgan fingerprint density at radius 3 is 2.67 bits per heavy atom. The third-order valence-corrected chi connectivity index (χ3v) is 3.00. The molecule has 0 spiro atoms. The summed E-state index contributed by atoms with van der Waals surface area (Å²) >= 11 is 0. The van der Waals surface area contributed by atoms with Crippen molar-refractivity contribution in [1.29, 1.82) is 0 Å². The predicted molar refractivity (Wildman–Crippen MR) is 77.1 cm³/mol. The molecule has 0 aliphatic rings. The zero-order valence-electron chi connectivity index (χ0n) is 12.0. The molecule has 0 saturated carbocycles. The van der Waals surface area contributed by atoms with Gasteiger partial charge in [-0.05, 0) is 25.0 Å². The number of aryl methyl sites for hydroxylation is 2. The standard InChI is InChI=1S/C14H17N5O2/c1-3-11-12(4-2)18-19-14(17-11)16-8-10-7-9(13(20)21)5-6-15-10/h5-7H,3-4,8H2,1-2H3,(H,20,21)(H,16,17,19). The molecule has 2 heterocycles. The van der Waals surface area contributed by atoms with E-state index in [9.17, 15) is 4.79 Å². The molecule has 7 nitrogen and oxygen atoms in total. The molecule has 0 aliphatic heterocycles. The zero-order valence-corrected chi connectivity index (χ0v) is 12.0. The van der Waals surface area contributed by atoms with Crippen molar-refractivity contribution in [2.75, 3.05) is 5.32 Å². The molecule has 0 amide bonds. The van der Waals surface area contributed by atoms with Crippen molar-refractivity contribution in [2.24, 2.45) is 0 Å². The summed E-state index contributed by atoms with van der Waals surface area (Å²) in [5.41, 5.74) is 2.63. The number of aromatic nitrogens is 4. The van der Waals surface area contributed by atoms with Crippen molar-refractivity contribution >= 4 is 11.9 Å². The largest absolute Gasteiger partial charge is 0.478 e. The number of nitrogens with one attached hydrogen (secondary N) is 1. The molecular weight excluding hydrogens is 270 g/mol. The maximum atomic E-state index is 10.9. The summed E-state index contributed by atoms with van der Waals surface area (Å²) in [5, 5.41) is 20.1. The van der Waals surface area contributed by atoms with Crippen LogP contribution in [0.5, 0.6) is 0 Å². The summed E-state index contributed by atoms with van der Waals surface area (Å²) in [6.45, 7) is 4.38. The molecule has 2 rings (SSSR count). The second-order valence-corrected chi connectivity index (χ2v) is 4.43. The van der Waals surface area contributed by atoms with Crippen LogP contribution in [0.25, 0.3) is 0 Å². The van der Waals surface area contributed by atoms with Crippen LogP contribution in [-0.4, -0.2) is 31.2 Å². The van der Waals surface area contributed by atoms with Gasteiger partial charge in [0.05, 0.1) is 29.2 Å². The van der Waals surface area contributed by atoms with E-state index in [0.29, 0.717) is 18.2 Å². The molecule has 2 N–H and O–H groups in total. The van der Waals surface area contributed by atoms with Crippen LogP contribution in [-0.2, 0) is 19.4 Å². The summed E-state index contributed by atoms with van der Waals surface area (Å²) < 4.78 is 0. The molecule has 110 valence electrons. The Hall–Kier alpha value is -2.57. The minimum absolute atomic E-state index is 0.205. The monoisotopic (exact) mass is 287 g/mol. The van der Waals surface area contributed by atoms with E-state index in [0.717, 1.165) is 24.2 Å². The van der Waals surface area contributed by atoms with E-state index in [1.54, 1.807) is 0 Å². The summed E-state index contributed by atoms with van der Waals surface area (Å²) in [5.74, 6) is -0.552. The number of hydrogen-bond acceptors (Lipinski definition) is 6. The van der Waals surface area contributed by atoms with E-state index < -0.39 is 5.97 Å². The Morgan fingerprint density at radius 2 is 2.00 bits per heavy atom. The number of pyridine rings is 1. The van der Waals surface area contributed by atoms with Gasteiger partial charge in [0, 0.05) is 6.20 Å². The molecule has 2 aromatic heterocycles. The highest BCUT2D eigenvalue weighted by Gasteiger charge is 2.07. The molecule has 21 heavy (non-hydrogen) atoms. The molecular formula is C14H17N5O2. The van der Waals surface area contributed by atoms with E-state index >= 15 is 0 Å². The van der Waals surface area contributed by atoms with Gasteiger partial charge in [0.1, 0.15) is 0 Å². The Kier molecular flexibility index (Phi) is 4.76. The molecule has 2 aromatic rings. The lowest BCUT2D eigenvalue weighted by Gasteiger charge is -2.07. The SMILES string of the molecule is CCc1nnc(NCc2cc(C(=O)O)ccn2)nc1CC. The molecule has 0 aliphatic carbocycles. The van der Waals surface area contributed by atoms with Gasteiger partial charge in [-0.25, -0.2) is 9.78 Å². The highest BCUT2D eigenvalue weighted by molar-refractivity contribution is 5.87. The third kappa shape index (κ3) is 3.71. The Bertz CT molecular complexity index is 645. The minimum Gasteiger partial charge on any atom is -0.478 e. The number of hydrogen-bond donors (Lipinski definition) is 2. The number of nitrogens with zero attached hydrogens (tertiary/aromatic N) is 4. The van der Waals surface area contributed by atoms with Crippen LogP contribution in [0.15, 0.2) is 18.3 Å². The quantitative estimate of drug-likeness (QED) is 0.833. The minimum atomic E-state index is -0.975. The smallest absolute Gasteiger partial charge is 0.335 e. The fraction of sp³-hybridized carbons (Fsp3) is 0.357. The summed E-state index contributed by atoms with van der Waals surface area (Å²) in [7, 11) is 0. The van der Waals surface area contributed by atoms with Crippen molar-refractivity contribution in [1.82, 2.24) is 20.2 Å².